The van der Waals surface area contributed by atoms with Crippen LogP contribution >= 0.6 is 0 Å². The number of amides is 1. The predicted molar refractivity (Wildman–Crippen MR) is 133 cm³/mol. The number of aliphatic hydroxyl groups excluding tert-OH is 1. The lowest BCUT2D eigenvalue weighted by Crippen LogP contribution is -2.39. The van der Waals surface area contributed by atoms with Crippen molar-refractivity contribution in [2.24, 2.45) is 0 Å². The van der Waals surface area contributed by atoms with Crippen LogP contribution in [0.1, 0.15) is 35.3 Å². The second-order valence-corrected chi connectivity index (χ2v) is 8.76. The van der Waals surface area contributed by atoms with Crippen LogP contribution in [0.5, 0.6) is 5.75 Å². The van der Waals surface area contributed by atoms with E-state index in [0.29, 0.717) is 23.3 Å². The van der Waals surface area contributed by atoms with Gasteiger partial charge in [-0.15, -0.1) is 0 Å². The summed E-state index contributed by atoms with van der Waals surface area (Å²) in [6.45, 7) is 5.29. The number of hydrogen-bond acceptors (Lipinski definition) is 3. The molecule has 0 radical (unpaired) electrons. The fourth-order valence-corrected chi connectivity index (χ4v) is 4.06. The number of aryl methyl sites for hydroxylation is 1. The zero-order chi connectivity index (χ0) is 24.2. The topological polar surface area (TPSA) is 74.3 Å². The zero-order valence-electron chi connectivity index (χ0n) is 19.6. The fraction of sp³-hybridized carbons (Fsp3) is 0.250. The number of H-pyrrole nitrogens is 1. The van der Waals surface area contributed by atoms with Crippen molar-refractivity contribution in [1.29, 1.82) is 0 Å². The number of carbonyl (C=O) groups is 1. The van der Waals surface area contributed by atoms with Gasteiger partial charge in [0.2, 0.25) is 0 Å². The molecule has 3 aromatic carbocycles. The molecule has 0 bridgehead atoms. The van der Waals surface area contributed by atoms with E-state index in [1.165, 1.54) is 6.07 Å². The minimum Gasteiger partial charge on any atom is -0.490 e. The van der Waals surface area contributed by atoms with Crippen LogP contribution in [0.15, 0.2) is 66.9 Å². The fourth-order valence-electron chi connectivity index (χ4n) is 4.06. The van der Waals surface area contributed by atoms with Gasteiger partial charge in [-0.05, 0) is 79.8 Å². The van der Waals surface area contributed by atoms with Crippen molar-refractivity contribution in [1.82, 2.24) is 10.3 Å². The molecule has 4 rings (SSSR count). The lowest BCUT2D eigenvalue weighted by atomic mass is 9.99. The van der Waals surface area contributed by atoms with Crippen molar-refractivity contribution in [2.75, 3.05) is 6.61 Å². The number of aromatic amines is 1. The molecule has 1 amide bonds. The third-order valence-corrected chi connectivity index (χ3v) is 5.77. The minimum atomic E-state index is -0.477. The third-order valence-electron chi connectivity index (χ3n) is 5.77. The number of hydrogen-bond donors (Lipinski definition) is 3. The Morgan fingerprint density at radius 1 is 1.09 bits per heavy atom. The van der Waals surface area contributed by atoms with Crippen molar-refractivity contribution >= 4 is 16.8 Å². The molecular weight excluding hydrogens is 431 g/mol. The van der Waals surface area contributed by atoms with E-state index in [1.807, 2.05) is 50.4 Å². The highest BCUT2D eigenvalue weighted by molar-refractivity contribution is 5.98. The summed E-state index contributed by atoms with van der Waals surface area (Å²) in [6.07, 6.45) is 2.26. The first kappa shape index (κ1) is 23.5. The summed E-state index contributed by atoms with van der Waals surface area (Å²) in [5, 5.41) is 14.0. The van der Waals surface area contributed by atoms with Crippen LogP contribution in [0.4, 0.5) is 4.39 Å². The minimum absolute atomic E-state index is 0.120. The van der Waals surface area contributed by atoms with Gasteiger partial charge in [0.15, 0.2) is 0 Å². The summed E-state index contributed by atoms with van der Waals surface area (Å²) in [7, 11) is 0. The van der Waals surface area contributed by atoms with Gasteiger partial charge < -0.3 is 20.1 Å². The first-order valence-corrected chi connectivity index (χ1v) is 11.4. The Morgan fingerprint density at radius 3 is 2.56 bits per heavy atom. The Morgan fingerprint density at radius 2 is 1.82 bits per heavy atom. The molecule has 1 aromatic heterocycles. The van der Waals surface area contributed by atoms with Gasteiger partial charge in [0.25, 0.3) is 5.91 Å². The summed E-state index contributed by atoms with van der Waals surface area (Å²) in [5.41, 5.74) is 4.51. The van der Waals surface area contributed by atoms with Crippen molar-refractivity contribution in [2.45, 2.75) is 39.3 Å². The quantitative estimate of drug-likeness (QED) is 0.329. The van der Waals surface area contributed by atoms with Gasteiger partial charge in [0, 0.05) is 17.1 Å². The van der Waals surface area contributed by atoms with Gasteiger partial charge in [-0.3, -0.25) is 4.79 Å². The first-order chi connectivity index (χ1) is 16.4. The Kier molecular flexibility index (Phi) is 6.98. The van der Waals surface area contributed by atoms with Crippen LogP contribution in [-0.2, 0) is 6.42 Å². The number of rotatable bonds is 8. The summed E-state index contributed by atoms with van der Waals surface area (Å²) >= 11 is 0. The highest BCUT2D eigenvalue weighted by Crippen LogP contribution is 2.29. The van der Waals surface area contributed by atoms with Crippen LogP contribution in [0, 0.1) is 12.7 Å². The number of carbonyl (C=O) groups excluding carboxylic acids is 1. The lowest BCUT2D eigenvalue weighted by Gasteiger charge is -2.19. The molecule has 1 atom stereocenters. The Balaban J connectivity index is 1.62. The molecule has 0 saturated heterocycles. The maximum Gasteiger partial charge on any atom is 0.255 e. The maximum atomic E-state index is 13.8. The van der Waals surface area contributed by atoms with E-state index < -0.39 is 6.04 Å². The molecule has 5 nitrogen and oxygen atoms in total. The van der Waals surface area contributed by atoms with Crippen LogP contribution in [0.3, 0.4) is 0 Å². The molecule has 6 heteroatoms. The van der Waals surface area contributed by atoms with Crippen molar-refractivity contribution in [3.05, 3.63) is 89.4 Å². The zero-order valence-corrected chi connectivity index (χ0v) is 19.6. The van der Waals surface area contributed by atoms with Gasteiger partial charge in [0.1, 0.15) is 11.6 Å². The molecule has 0 aliphatic rings. The van der Waals surface area contributed by atoms with E-state index in [-0.39, 0.29) is 24.4 Å². The van der Waals surface area contributed by atoms with Crippen molar-refractivity contribution in [3.8, 4) is 16.9 Å². The van der Waals surface area contributed by atoms with Crippen LogP contribution < -0.4 is 10.1 Å². The normalized spacial score (nSPS) is 12.2. The number of para-hydroxylation sites is 1. The molecule has 0 saturated carbocycles. The average Bonchev–Trinajstić information content (AvgIpc) is 3.23. The van der Waals surface area contributed by atoms with Crippen LogP contribution in [0.2, 0.25) is 0 Å². The summed E-state index contributed by atoms with van der Waals surface area (Å²) in [5.74, 6) is -0.154. The van der Waals surface area contributed by atoms with Gasteiger partial charge in [-0.2, -0.15) is 0 Å². The number of fused-ring (bicyclic) bond motifs is 1. The van der Waals surface area contributed by atoms with E-state index in [2.05, 4.69) is 10.3 Å². The van der Waals surface area contributed by atoms with Gasteiger partial charge in [-0.25, -0.2) is 4.39 Å². The second kappa shape index (κ2) is 10.1. The molecule has 176 valence electrons. The maximum absolute atomic E-state index is 13.8. The summed E-state index contributed by atoms with van der Waals surface area (Å²) in [6, 6.07) is 17.7. The number of benzene rings is 3. The molecule has 0 aliphatic carbocycles. The van der Waals surface area contributed by atoms with E-state index in [0.717, 1.165) is 27.6 Å². The molecular formula is C28H29FN2O3. The molecule has 4 aromatic rings. The Labute approximate surface area is 198 Å². The Hall–Kier alpha value is -3.64. The van der Waals surface area contributed by atoms with E-state index in [4.69, 9.17) is 4.74 Å². The van der Waals surface area contributed by atoms with Crippen molar-refractivity contribution in [3.63, 3.8) is 0 Å². The van der Waals surface area contributed by atoms with Gasteiger partial charge >= 0.3 is 0 Å². The molecule has 1 heterocycles. The number of nitrogens with one attached hydrogen (secondary N) is 2. The molecule has 0 fully saturated rings. The number of aliphatic hydroxyl groups is 1. The lowest BCUT2D eigenvalue weighted by molar-refractivity contribution is 0.0910. The summed E-state index contributed by atoms with van der Waals surface area (Å²) in [4.78, 5) is 16.6. The second-order valence-electron chi connectivity index (χ2n) is 8.76. The molecule has 34 heavy (non-hydrogen) atoms. The average molecular weight is 461 g/mol. The largest absolute Gasteiger partial charge is 0.490 e. The van der Waals surface area contributed by atoms with E-state index in [1.54, 1.807) is 31.2 Å². The van der Waals surface area contributed by atoms with Crippen molar-refractivity contribution < 1.29 is 19.0 Å². The smallest absolute Gasteiger partial charge is 0.255 e. The predicted octanol–water partition coefficient (Wildman–Crippen LogP) is 5.40. The van der Waals surface area contributed by atoms with E-state index in [9.17, 15) is 14.3 Å². The van der Waals surface area contributed by atoms with Crippen LogP contribution in [-0.4, -0.2) is 34.8 Å². The van der Waals surface area contributed by atoms with Crippen LogP contribution in [0.25, 0.3) is 22.0 Å². The van der Waals surface area contributed by atoms with E-state index >= 15 is 0 Å². The highest BCUT2D eigenvalue weighted by Gasteiger charge is 2.20. The molecule has 3 N–H and O–H groups in total. The monoisotopic (exact) mass is 460 g/mol. The molecule has 0 aliphatic heterocycles. The molecule has 0 unspecified atom stereocenters. The first-order valence-electron chi connectivity index (χ1n) is 11.4. The number of halogens is 1. The van der Waals surface area contributed by atoms with Gasteiger partial charge in [-0.1, -0.05) is 30.3 Å². The highest BCUT2D eigenvalue weighted by atomic mass is 19.1. The third kappa shape index (κ3) is 5.13. The Bertz CT molecular complexity index is 1310. The van der Waals surface area contributed by atoms with Gasteiger partial charge in [0.05, 0.1) is 24.3 Å². The SMILES string of the molecule is Cc1cc(-c2ccc(OC(C)C)c(C(=O)N[C@@H](CO)Cc3c[nH]c4ccccc34)c2)ccc1F. The number of ether oxygens (including phenoxy) is 1. The number of aromatic nitrogens is 1. The molecule has 0 spiro atoms. The summed E-state index contributed by atoms with van der Waals surface area (Å²) < 4.78 is 19.6. The standard InChI is InChI=1S/C28H29FN2O3/c1-17(2)34-27-11-9-20(19-8-10-25(29)18(3)12-19)14-24(27)28(33)31-22(16-32)13-21-15-30-26-7-5-4-6-23(21)26/h4-12,14-15,17,22,30,32H,13,16H2,1-3H3,(H,31,33)/t22-/m1/s1.